The molecule has 0 atom stereocenters. The van der Waals surface area contributed by atoms with Crippen molar-refractivity contribution in [1.82, 2.24) is 9.13 Å². The highest BCUT2D eigenvalue weighted by atomic mass is 15.2. The number of nitriles is 2. The number of rotatable bonds is 8. The zero-order valence-electron chi connectivity index (χ0n) is 44.8. The number of benzene rings is 11. The number of aromatic nitrogens is 2. The zero-order valence-corrected chi connectivity index (χ0v) is 44.8. The fraction of sp³-hybridized carbons (Fsp3) is 0.0811. The molecule has 0 saturated heterocycles. The second-order valence-corrected chi connectivity index (χ2v) is 22.3. The van der Waals surface area contributed by atoms with Crippen molar-refractivity contribution in [3.8, 4) is 45.8 Å². The molecule has 80 heavy (non-hydrogen) atoms. The number of para-hydroxylation sites is 4. The number of nitrogens with zero attached hydrogens (tertiary/aromatic N) is 6. The molecule has 378 valence electrons. The van der Waals surface area contributed by atoms with Crippen LogP contribution in [0.25, 0.3) is 77.2 Å². The second kappa shape index (κ2) is 17.6. The second-order valence-electron chi connectivity index (χ2n) is 22.3. The highest BCUT2D eigenvalue weighted by Crippen LogP contribution is 2.55. The maximum absolute atomic E-state index is 11.8. The molecule has 0 saturated carbocycles. The van der Waals surface area contributed by atoms with Crippen molar-refractivity contribution in [2.75, 3.05) is 9.80 Å². The van der Waals surface area contributed by atoms with Crippen LogP contribution in [0.4, 0.5) is 34.1 Å². The Morgan fingerprint density at radius 1 is 0.325 bits per heavy atom. The van der Waals surface area contributed by atoms with Crippen LogP contribution in [0.15, 0.2) is 243 Å². The van der Waals surface area contributed by atoms with E-state index in [2.05, 4.69) is 289 Å². The first-order valence-corrected chi connectivity index (χ1v) is 27.4. The van der Waals surface area contributed by atoms with Crippen molar-refractivity contribution in [1.29, 1.82) is 10.5 Å². The fourth-order valence-corrected chi connectivity index (χ4v) is 13.7. The van der Waals surface area contributed by atoms with Crippen LogP contribution in [0.2, 0.25) is 0 Å². The molecule has 11 aromatic carbocycles. The van der Waals surface area contributed by atoms with Crippen LogP contribution < -0.4 is 9.80 Å². The van der Waals surface area contributed by atoms with Crippen LogP contribution in [-0.2, 0) is 10.8 Å². The lowest BCUT2D eigenvalue weighted by Crippen LogP contribution is -2.15. The maximum atomic E-state index is 11.8. The number of hydrogen-bond acceptors (Lipinski definition) is 4. The van der Waals surface area contributed by atoms with Crippen LogP contribution in [0.3, 0.4) is 0 Å². The summed E-state index contributed by atoms with van der Waals surface area (Å²) in [6.45, 7) is 9.23. The number of fused-ring (bicyclic) bond motifs is 12. The van der Waals surface area contributed by atoms with Gasteiger partial charge in [0.05, 0.1) is 55.9 Å². The highest BCUT2D eigenvalue weighted by Gasteiger charge is 2.39. The summed E-state index contributed by atoms with van der Waals surface area (Å²) in [6.07, 6.45) is 0. The molecule has 0 bridgehead atoms. The standard InChI is InChI=1S/C74H52N6/c1-73(2)59-33-19-17-31-53(59)55-41-57-69(43-61(55)73)79(65-37-21-35-63(71(57)65)77(49-23-9-5-10-24-49)50-25-11-6-12-26-50)67-39-48(46-76)68(40-47(67)45-75)80-66-38-22-36-64(78(51-27-13-7-14-28-51)52-29-15-8-16-30-52)72(66)58-42-56-54-32-18-20-34-60(54)74(3,4)62(56)44-70(58)80/h5-44H,1-4H3. The Morgan fingerprint density at radius 2 is 0.662 bits per heavy atom. The third-order valence-electron chi connectivity index (χ3n) is 17.3. The normalized spacial score (nSPS) is 13.4. The van der Waals surface area contributed by atoms with Crippen LogP contribution in [0.5, 0.6) is 0 Å². The molecule has 0 unspecified atom stereocenters. The molecular formula is C74H52N6. The largest absolute Gasteiger partial charge is 0.310 e. The van der Waals surface area contributed by atoms with Gasteiger partial charge in [0.15, 0.2) is 0 Å². The Morgan fingerprint density at radius 3 is 1.01 bits per heavy atom. The molecule has 2 aromatic heterocycles. The molecule has 2 heterocycles. The van der Waals surface area contributed by atoms with Gasteiger partial charge in [0, 0.05) is 55.1 Å². The van der Waals surface area contributed by atoms with Crippen LogP contribution >= 0.6 is 0 Å². The molecule has 0 amide bonds. The topological polar surface area (TPSA) is 63.9 Å². The van der Waals surface area contributed by atoms with Crippen LogP contribution in [0, 0.1) is 22.7 Å². The van der Waals surface area contributed by atoms with E-state index in [0.29, 0.717) is 22.5 Å². The number of anilines is 6. The molecule has 2 aliphatic rings. The van der Waals surface area contributed by atoms with Crippen LogP contribution in [0.1, 0.15) is 61.1 Å². The van der Waals surface area contributed by atoms with E-state index in [9.17, 15) is 10.5 Å². The summed E-state index contributed by atoms with van der Waals surface area (Å²) in [5, 5.41) is 27.7. The summed E-state index contributed by atoms with van der Waals surface area (Å²) < 4.78 is 4.50. The van der Waals surface area contributed by atoms with Gasteiger partial charge in [-0.15, -0.1) is 0 Å². The molecule has 0 N–H and O–H groups in total. The first kappa shape index (κ1) is 46.9. The van der Waals surface area contributed by atoms with E-state index in [4.69, 9.17) is 0 Å². The smallest absolute Gasteiger partial charge is 0.101 e. The first-order chi connectivity index (χ1) is 39.1. The number of hydrogen-bond donors (Lipinski definition) is 0. The molecule has 0 radical (unpaired) electrons. The van der Waals surface area contributed by atoms with Crippen LogP contribution in [-0.4, -0.2) is 9.13 Å². The summed E-state index contributed by atoms with van der Waals surface area (Å²) in [4.78, 5) is 4.66. The van der Waals surface area contributed by atoms with Gasteiger partial charge in [0.2, 0.25) is 0 Å². The monoisotopic (exact) mass is 1020 g/mol. The SMILES string of the molecule is CC1(C)c2ccccc2-c2cc3c4c(N(c5ccccc5)c5ccccc5)cccc4n(-c4cc(C#N)c(-n5c6cc7c(cc6c6c(N(c8ccccc8)c8ccccc8)cccc65)-c5ccccc5C7(C)C)cc4C#N)c3cc21. The van der Waals surface area contributed by atoms with Gasteiger partial charge in [0.25, 0.3) is 0 Å². The summed E-state index contributed by atoms with van der Waals surface area (Å²) in [5.41, 5.74) is 21.3. The van der Waals surface area contributed by atoms with E-state index in [1.807, 2.05) is 12.1 Å². The van der Waals surface area contributed by atoms with E-state index in [-0.39, 0.29) is 10.8 Å². The van der Waals surface area contributed by atoms with Crippen molar-refractivity contribution in [2.45, 2.75) is 38.5 Å². The van der Waals surface area contributed by atoms with Gasteiger partial charge in [-0.25, -0.2) is 0 Å². The molecule has 15 rings (SSSR count). The minimum atomic E-state index is -0.299. The van der Waals surface area contributed by atoms with E-state index in [1.54, 1.807) is 0 Å². The van der Waals surface area contributed by atoms with Gasteiger partial charge in [0.1, 0.15) is 12.1 Å². The maximum Gasteiger partial charge on any atom is 0.101 e. The minimum absolute atomic E-state index is 0.299. The van der Waals surface area contributed by atoms with Crippen molar-refractivity contribution in [3.63, 3.8) is 0 Å². The summed E-state index contributed by atoms with van der Waals surface area (Å²) in [6, 6.07) is 91.4. The van der Waals surface area contributed by atoms with Crippen molar-refractivity contribution in [2.24, 2.45) is 0 Å². The van der Waals surface area contributed by atoms with Gasteiger partial charge in [-0.1, -0.05) is 161 Å². The summed E-state index contributed by atoms with van der Waals surface area (Å²) in [5.74, 6) is 0. The Labute approximate surface area is 465 Å². The highest BCUT2D eigenvalue weighted by molar-refractivity contribution is 6.20. The molecule has 0 fully saturated rings. The zero-order chi connectivity index (χ0) is 54.0. The average Bonchev–Trinajstić information content (AvgIpc) is 4.28. The molecule has 0 spiro atoms. The molecular weight excluding hydrogens is 973 g/mol. The lowest BCUT2D eigenvalue weighted by Gasteiger charge is -2.26. The molecule has 2 aliphatic carbocycles. The summed E-state index contributed by atoms with van der Waals surface area (Å²) in [7, 11) is 0. The third-order valence-corrected chi connectivity index (χ3v) is 17.3. The fourth-order valence-electron chi connectivity index (χ4n) is 13.7. The van der Waals surface area contributed by atoms with E-state index in [1.165, 1.54) is 44.5 Å². The molecule has 6 nitrogen and oxygen atoms in total. The third kappa shape index (κ3) is 6.70. The Hall–Kier alpha value is -10.4. The Kier molecular flexibility index (Phi) is 10.3. The Balaban J connectivity index is 1.03. The average molecular weight is 1030 g/mol. The van der Waals surface area contributed by atoms with E-state index >= 15 is 0 Å². The lowest BCUT2D eigenvalue weighted by molar-refractivity contribution is 0.661. The molecule has 6 heteroatoms. The predicted octanol–water partition coefficient (Wildman–Crippen LogP) is 19.2. The van der Waals surface area contributed by atoms with Crippen molar-refractivity contribution >= 4 is 77.7 Å². The van der Waals surface area contributed by atoms with Gasteiger partial charge < -0.3 is 18.9 Å². The quantitative estimate of drug-likeness (QED) is 0.152. The van der Waals surface area contributed by atoms with Gasteiger partial charge in [-0.2, -0.15) is 10.5 Å². The first-order valence-electron chi connectivity index (χ1n) is 27.4. The van der Waals surface area contributed by atoms with E-state index < -0.39 is 0 Å². The van der Waals surface area contributed by atoms with Gasteiger partial charge in [-0.05, 0) is 154 Å². The summed E-state index contributed by atoms with van der Waals surface area (Å²) >= 11 is 0. The van der Waals surface area contributed by atoms with Crippen molar-refractivity contribution < 1.29 is 0 Å². The van der Waals surface area contributed by atoms with Gasteiger partial charge >= 0.3 is 0 Å². The lowest BCUT2D eigenvalue weighted by atomic mass is 9.82. The minimum Gasteiger partial charge on any atom is -0.310 e. The molecule has 13 aromatic rings. The molecule has 0 aliphatic heterocycles. The van der Waals surface area contributed by atoms with E-state index in [0.717, 1.165) is 77.7 Å². The Bertz CT molecular complexity index is 4400. The van der Waals surface area contributed by atoms with Gasteiger partial charge in [-0.3, -0.25) is 0 Å². The predicted molar refractivity (Wildman–Crippen MR) is 329 cm³/mol. The van der Waals surface area contributed by atoms with Crippen molar-refractivity contribution in [3.05, 3.63) is 276 Å².